The third-order valence-corrected chi connectivity index (χ3v) is 6.21. The highest BCUT2D eigenvalue weighted by molar-refractivity contribution is 7.92. The number of hydrogen-bond donors (Lipinski definition) is 2. The van der Waals surface area contributed by atoms with Crippen LogP contribution in [0.5, 0.6) is 0 Å². The van der Waals surface area contributed by atoms with Crippen molar-refractivity contribution in [3.05, 3.63) is 88.2 Å². The van der Waals surface area contributed by atoms with Crippen LogP contribution in [0.4, 0.5) is 23.2 Å². The van der Waals surface area contributed by atoms with Gasteiger partial charge in [-0.1, -0.05) is 11.6 Å². The second-order valence-electron chi connectivity index (χ2n) is 6.51. The smallest absolute Gasteiger partial charge is 0.265 e. The monoisotopic (exact) mass is 483 g/mol. The zero-order chi connectivity index (χ0) is 23.2. The number of pyridine rings is 1. The van der Waals surface area contributed by atoms with Gasteiger partial charge >= 0.3 is 0 Å². The van der Waals surface area contributed by atoms with Crippen LogP contribution in [0.2, 0.25) is 5.02 Å². The molecule has 2 N–H and O–H groups in total. The summed E-state index contributed by atoms with van der Waals surface area (Å²) in [5.41, 5.74) is -1.93. The predicted molar refractivity (Wildman–Crippen MR) is 108 cm³/mol. The van der Waals surface area contributed by atoms with E-state index < -0.39 is 55.2 Å². The molecule has 0 spiro atoms. The first kappa shape index (κ1) is 21.8. The van der Waals surface area contributed by atoms with E-state index in [0.29, 0.717) is 30.3 Å². The van der Waals surface area contributed by atoms with Crippen LogP contribution in [-0.4, -0.2) is 24.2 Å². The number of carbonyl (C=O) groups is 1. The van der Waals surface area contributed by atoms with E-state index in [2.05, 4.69) is 9.97 Å². The van der Waals surface area contributed by atoms with Crippen LogP contribution in [0, 0.1) is 23.3 Å². The Labute approximate surface area is 182 Å². The van der Waals surface area contributed by atoms with Crippen LogP contribution in [0.25, 0.3) is 11.0 Å². The van der Waals surface area contributed by atoms with Crippen LogP contribution >= 0.6 is 11.6 Å². The van der Waals surface area contributed by atoms with Gasteiger partial charge in [-0.25, -0.2) is 31.0 Å². The summed E-state index contributed by atoms with van der Waals surface area (Å²) in [5.74, 6) is -6.31. The lowest BCUT2D eigenvalue weighted by atomic mass is 10.0. The summed E-state index contributed by atoms with van der Waals surface area (Å²) in [7, 11) is -4.82. The Morgan fingerprint density at radius 3 is 2.50 bits per heavy atom. The summed E-state index contributed by atoms with van der Waals surface area (Å²) < 4.78 is 83.4. The fourth-order valence-corrected chi connectivity index (χ4v) is 4.45. The number of H-pyrrole nitrogens is 1. The van der Waals surface area contributed by atoms with Crippen molar-refractivity contribution >= 4 is 44.1 Å². The minimum atomic E-state index is -4.82. The van der Waals surface area contributed by atoms with Gasteiger partial charge in [0.15, 0.2) is 5.82 Å². The number of sulfonamides is 1. The molecule has 0 amide bonds. The van der Waals surface area contributed by atoms with Crippen molar-refractivity contribution in [1.29, 1.82) is 0 Å². The van der Waals surface area contributed by atoms with Crippen LogP contribution in [-0.2, 0) is 10.0 Å². The zero-order valence-electron chi connectivity index (χ0n) is 15.6. The minimum Gasteiger partial charge on any atom is -0.345 e. The molecule has 2 heterocycles. The van der Waals surface area contributed by atoms with E-state index in [-0.39, 0.29) is 21.6 Å². The summed E-state index contributed by atoms with van der Waals surface area (Å²) in [6.07, 6.45) is 2.52. The van der Waals surface area contributed by atoms with Gasteiger partial charge in [-0.3, -0.25) is 9.52 Å². The third-order valence-electron chi connectivity index (χ3n) is 4.51. The van der Waals surface area contributed by atoms with Gasteiger partial charge in [0.1, 0.15) is 28.0 Å². The van der Waals surface area contributed by atoms with Gasteiger partial charge in [0, 0.05) is 17.8 Å². The maximum absolute atomic E-state index is 15.1. The molecule has 4 aromatic rings. The van der Waals surface area contributed by atoms with Gasteiger partial charge in [-0.15, -0.1) is 0 Å². The summed E-state index contributed by atoms with van der Waals surface area (Å²) in [5, 5.41) is 0.213. The van der Waals surface area contributed by atoms with Crippen molar-refractivity contribution in [2.75, 3.05) is 4.72 Å². The predicted octanol–water partition coefficient (Wildman–Crippen LogP) is 4.80. The Bertz CT molecular complexity index is 1510. The average Bonchev–Trinajstić information content (AvgIpc) is 3.17. The van der Waals surface area contributed by atoms with E-state index in [1.807, 2.05) is 0 Å². The number of fused-ring (bicyclic) bond motifs is 1. The Morgan fingerprint density at radius 1 is 1.03 bits per heavy atom. The van der Waals surface area contributed by atoms with E-state index in [1.54, 1.807) is 4.72 Å². The second-order valence-corrected chi connectivity index (χ2v) is 8.57. The molecule has 6 nitrogen and oxygen atoms in total. The number of aromatic amines is 1. The first-order valence-electron chi connectivity index (χ1n) is 8.72. The Kier molecular flexibility index (Phi) is 5.39. The number of anilines is 1. The van der Waals surface area contributed by atoms with Crippen LogP contribution in [0.1, 0.15) is 15.9 Å². The van der Waals surface area contributed by atoms with Crippen LogP contribution in [0.15, 0.2) is 53.7 Å². The summed E-state index contributed by atoms with van der Waals surface area (Å²) in [6, 6.07) is 4.41. The van der Waals surface area contributed by atoms with Crippen molar-refractivity contribution in [1.82, 2.24) is 9.97 Å². The van der Waals surface area contributed by atoms with Crippen molar-refractivity contribution in [2.45, 2.75) is 4.90 Å². The molecule has 0 aliphatic rings. The van der Waals surface area contributed by atoms with Gasteiger partial charge in [-0.2, -0.15) is 0 Å². The van der Waals surface area contributed by atoms with E-state index >= 15 is 4.39 Å². The number of hydrogen-bond acceptors (Lipinski definition) is 4. The first-order valence-corrected chi connectivity index (χ1v) is 10.6. The Balaban J connectivity index is 1.80. The fraction of sp³-hybridized carbons (Fsp3) is 0. The van der Waals surface area contributed by atoms with Gasteiger partial charge in [0.05, 0.1) is 21.8 Å². The molecule has 2 aromatic carbocycles. The Hall–Kier alpha value is -3.44. The van der Waals surface area contributed by atoms with E-state index in [4.69, 9.17) is 11.6 Å². The molecular weight excluding hydrogens is 474 g/mol. The maximum Gasteiger partial charge on any atom is 0.265 e. The highest BCUT2D eigenvalue weighted by Crippen LogP contribution is 2.31. The summed E-state index contributed by atoms with van der Waals surface area (Å²) >= 11 is 6.07. The maximum atomic E-state index is 15.1. The molecule has 0 aliphatic heterocycles. The number of carbonyl (C=O) groups excluding carboxylic acids is 1. The number of halogens is 5. The molecule has 0 unspecified atom stereocenters. The van der Waals surface area contributed by atoms with Gasteiger partial charge in [0.25, 0.3) is 10.0 Å². The highest BCUT2D eigenvalue weighted by Gasteiger charge is 2.28. The Morgan fingerprint density at radius 2 is 1.75 bits per heavy atom. The second kappa shape index (κ2) is 7.92. The summed E-state index contributed by atoms with van der Waals surface area (Å²) in [4.78, 5) is 18.5. The van der Waals surface area contributed by atoms with E-state index in [9.17, 15) is 26.4 Å². The molecule has 4 rings (SSSR count). The fourth-order valence-electron chi connectivity index (χ4n) is 3.05. The van der Waals surface area contributed by atoms with Crippen molar-refractivity contribution in [3.8, 4) is 0 Å². The molecule has 0 bridgehead atoms. The molecule has 12 heteroatoms. The largest absolute Gasteiger partial charge is 0.345 e. The number of benzene rings is 2. The van der Waals surface area contributed by atoms with Crippen LogP contribution < -0.4 is 4.72 Å². The highest BCUT2D eigenvalue weighted by atomic mass is 35.5. The zero-order valence-corrected chi connectivity index (χ0v) is 17.2. The number of nitrogens with one attached hydrogen (secondary N) is 2. The van der Waals surface area contributed by atoms with Crippen LogP contribution in [0.3, 0.4) is 0 Å². The van der Waals surface area contributed by atoms with Gasteiger partial charge in [0.2, 0.25) is 5.78 Å². The van der Waals surface area contributed by atoms with E-state index in [1.165, 1.54) is 12.3 Å². The molecule has 164 valence electrons. The minimum absolute atomic E-state index is 0.0962. The molecule has 0 atom stereocenters. The molecule has 32 heavy (non-hydrogen) atoms. The normalized spacial score (nSPS) is 11.7. The van der Waals surface area contributed by atoms with Crippen molar-refractivity contribution in [3.63, 3.8) is 0 Å². The quantitative estimate of drug-likeness (QED) is 0.315. The average molecular weight is 484 g/mol. The third kappa shape index (κ3) is 3.69. The van der Waals surface area contributed by atoms with Crippen molar-refractivity contribution in [2.24, 2.45) is 0 Å². The van der Waals surface area contributed by atoms with Crippen molar-refractivity contribution < 1.29 is 30.8 Å². The lowest BCUT2D eigenvalue weighted by molar-refractivity contribution is 0.103. The molecular formula is C20H10ClF4N3O3S. The molecule has 0 fully saturated rings. The topological polar surface area (TPSA) is 91.9 Å². The molecule has 2 aromatic heterocycles. The van der Waals surface area contributed by atoms with Gasteiger partial charge < -0.3 is 4.98 Å². The summed E-state index contributed by atoms with van der Waals surface area (Å²) in [6.45, 7) is 0. The first-order chi connectivity index (χ1) is 15.1. The lowest BCUT2D eigenvalue weighted by Gasteiger charge is -2.12. The molecule has 0 saturated carbocycles. The lowest BCUT2D eigenvalue weighted by Crippen LogP contribution is -2.17. The number of rotatable bonds is 5. The number of aromatic nitrogens is 2. The number of nitrogens with zero attached hydrogens (tertiary/aromatic N) is 1. The SMILES string of the molecule is O=C(c1c(F)ccc(NS(=O)(=O)c2cc(F)ccc2F)c1F)c1c[nH]c2nccc(Cl)c12. The standard InChI is InChI=1S/C20H10ClF4N3O3S/c21-11-5-6-26-20-16(11)10(8-27-20)19(29)17-13(24)3-4-14(18(17)25)28-32(30,31)15-7-9(22)1-2-12(15)23/h1-8,28H,(H,26,27). The molecule has 0 radical (unpaired) electrons. The number of ketones is 1. The van der Waals surface area contributed by atoms with Gasteiger partial charge in [-0.05, 0) is 36.4 Å². The molecule has 0 aliphatic carbocycles. The molecule has 0 saturated heterocycles. The van der Waals surface area contributed by atoms with E-state index in [0.717, 1.165) is 6.20 Å².